The van der Waals surface area contributed by atoms with Crippen LogP contribution in [0, 0.1) is 0 Å². The molecule has 3 aromatic rings. The van der Waals surface area contributed by atoms with E-state index in [0.29, 0.717) is 11.4 Å². The van der Waals surface area contributed by atoms with Gasteiger partial charge in [-0.2, -0.15) is 8.61 Å². The number of benzene rings is 3. The van der Waals surface area contributed by atoms with Gasteiger partial charge in [0.15, 0.2) is 0 Å². The van der Waals surface area contributed by atoms with Gasteiger partial charge < -0.3 is 10.1 Å². The monoisotopic (exact) mass is 515 g/mol. The molecule has 0 unspecified atom stereocenters. The Morgan fingerprint density at radius 2 is 1.34 bits per heavy atom. The molecule has 1 saturated heterocycles. The molecule has 0 bridgehead atoms. The van der Waals surface area contributed by atoms with Crippen LogP contribution in [0.4, 0.5) is 5.69 Å². The Balaban J connectivity index is 1.70. The van der Waals surface area contributed by atoms with Gasteiger partial charge in [0.1, 0.15) is 11.8 Å². The van der Waals surface area contributed by atoms with E-state index in [1.165, 1.54) is 31.4 Å². The van der Waals surface area contributed by atoms with Gasteiger partial charge in [0.25, 0.3) is 0 Å². The van der Waals surface area contributed by atoms with E-state index in [1.54, 1.807) is 60.7 Å². The number of nitrogens with zero attached hydrogens (tertiary/aromatic N) is 2. The zero-order valence-corrected chi connectivity index (χ0v) is 20.6. The fourth-order valence-corrected chi connectivity index (χ4v) is 6.94. The van der Waals surface area contributed by atoms with Crippen LogP contribution < -0.4 is 10.1 Å². The second-order valence-electron chi connectivity index (χ2n) is 7.81. The van der Waals surface area contributed by atoms with E-state index in [-0.39, 0.29) is 29.4 Å². The number of hydrogen-bond acceptors (Lipinski definition) is 6. The molecule has 1 aliphatic rings. The van der Waals surface area contributed by atoms with Crippen LogP contribution in [0.3, 0.4) is 0 Å². The molecular weight excluding hydrogens is 490 g/mol. The highest BCUT2D eigenvalue weighted by Gasteiger charge is 2.43. The maximum absolute atomic E-state index is 13.5. The highest BCUT2D eigenvalue weighted by molar-refractivity contribution is 7.89. The number of para-hydroxylation sites is 2. The average Bonchev–Trinajstić information content (AvgIpc) is 2.89. The summed E-state index contributed by atoms with van der Waals surface area (Å²) < 4.78 is 60.9. The van der Waals surface area contributed by atoms with E-state index in [4.69, 9.17) is 4.74 Å². The summed E-state index contributed by atoms with van der Waals surface area (Å²) >= 11 is 0. The number of nitrogens with one attached hydrogen (secondary N) is 1. The summed E-state index contributed by atoms with van der Waals surface area (Å²) in [6.45, 7) is -0.626. The van der Waals surface area contributed by atoms with Crippen LogP contribution in [0.25, 0.3) is 0 Å². The summed E-state index contributed by atoms with van der Waals surface area (Å²) in [5.74, 6) is -0.273. The zero-order valence-electron chi connectivity index (χ0n) is 18.9. The van der Waals surface area contributed by atoms with Crippen LogP contribution in [0.1, 0.15) is 0 Å². The van der Waals surface area contributed by atoms with Crippen molar-refractivity contribution in [2.45, 2.75) is 15.8 Å². The molecule has 4 rings (SSSR count). The molecule has 1 atom stereocenters. The highest BCUT2D eigenvalue weighted by atomic mass is 32.2. The molecule has 0 spiro atoms. The van der Waals surface area contributed by atoms with E-state index in [1.807, 2.05) is 0 Å². The number of hydrogen-bond donors (Lipinski definition) is 1. The molecule has 35 heavy (non-hydrogen) atoms. The van der Waals surface area contributed by atoms with Gasteiger partial charge in [0.2, 0.25) is 26.0 Å². The van der Waals surface area contributed by atoms with Crippen LogP contribution in [0.2, 0.25) is 0 Å². The number of carbonyl (C=O) groups excluding carboxylic acids is 1. The number of anilines is 1. The Hall–Kier alpha value is -3.25. The van der Waals surface area contributed by atoms with Crippen LogP contribution in [0.15, 0.2) is 94.7 Å². The molecule has 1 aliphatic heterocycles. The van der Waals surface area contributed by atoms with Crippen molar-refractivity contribution in [3.05, 3.63) is 84.9 Å². The van der Waals surface area contributed by atoms with Crippen molar-refractivity contribution in [2.75, 3.05) is 32.1 Å². The molecule has 0 aromatic heterocycles. The van der Waals surface area contributed by atoms with Crippen molar-refractivity contribution in [3.63, 3.8) is 0 Å². The number of amides is 1. The topological polar surface area (TPSA) is 113 Å². The lowest BCUT2D eigenvalue weighted by molar-refractivity contribution is -0.120. The number of rotatable bonds is 7. The van der Waals surface area contributed by atoms with Crippen molar-refractivity contribution in [1.29, 1.82) is 0 Å². The summed E-state index contributed by atoms with van der Waals surface area (Å²) in [6, 6.07) is 21.0. The smallest absolute Gasteiger partial charge is 0.244 e. The lowest BCUT2D eigenvalue weighted by Gasteiger charge is -2.39. The summed E-state index contributed by atoms with van der Waals surface area (Å²) in [6.07, 6.45) is 0. The first-order valence-electron chi connectivity index (χ1n) is 10.8. The van der Waals surface area contributed by atoms with E-state index in [9.17, 15) is 21.6 Å². The minimum atomic E-state index is -4.08. The lowest BCUT2D eigenvalue weighted by atomic mass is 10.2. The van der Waals surface area contributed by atoms with Crippen LogP contribution in [-0.4, -0.2) is 64.1 Å². The van der Waals surface area contributed by atoms with Gasteiger partial charge in [0, 0.05) is 19.6 Å². The second-order valence-corrected chi connectivity index (χ2v) is 11.6. The third-order valence-corrected chi connectivity index (χ3v) is 9.49. The maximum atomic E-state index is 13.5. The van der Waals surface area contributed by atoms with Gasteiger partial charge in [0.05, 0.1) is 22.6 Å². The standard InChI is InChI=1S/C24H25N3O6S2/c1-33-23-15-9-8-14-21(23)25-24(28)22-18-26(34(29,30)19-10-4-2-5-11-19)16-17-27(22)35(31,32)20-12-6-3-7-13-20/h2-15,22H,16-18H2,1H3,(H,25,28)/t22-/m1/s1. The molecule has 1 heterocycles. The lowest BCUT2D eigenvalue weighted by Crippen LogP contribution is -2.60. The van der Waals surface area contributed by atoms with Gasteiger partial charge in [-0.05, 0) is 36.4 Å². The quantitative estimate of drug-likeness (QED) is 0.517. The molecule has 0 saturated carbocycles. The van der Waals surface area contributed by atoms with Crippen molar-refractivity contribution < 1.29 is 26.4 Å². The van der Waals surface area contributed by atoms with Gasteiger partial charge in [-0.3, -0.25) is 4.79 Å². The first-order valence-corrected chi connectivity index (χ1v) is 13.7. The molecule has 3 aromatic carbocycles. The Kier molecular flexibility index (Phi) is 7.22. The van der Waals surface area contributed by atoms with Crippen LogP contribution >= 0.6 is 0 Å². The highest BCUT2D eigenvalue weighted by Crippen LogP contribution is 2.28. The Labute approximate surface area is 205 Å². The van der Waals surface area contributed by atoms with Crippen molar-refractivity contribution in [3.8, 4) is 5.75 Å². The Morgan fingerprint density at radius 1 is 0.800 bits per heavy atom. The van der Waals surface area contributed by atoms with Crippen molar-refractivity contribution in [2.24, 2.45) is 0 Å². The predicted octanol–water partition coefficient (Wildman–Crippen LogP) is 2.40. The minimum Gasteiger partial charge on any atom is -0.495 e. The van der Waals surface area contributed by atoms with E-state index < -0.39 is 32.0 Å². The molecule has 184 valence electrons. The third kappa shape index (κ3) is 5.08. The molecule has 0 radical (unpaired) electrons. The minimum absolute atomic E-state index is 0.0226. The van der Waals surface area contributed by atoms with Gasteiger partial charge >= 0.3 is 0 Å². The van der Waals surface area contributed by atoms with Crippen molar-refractivity contribution >= 4 is 31.6 Å². The second kappa shape index (κ2) is 10.2. The number of methoxy groups -OCH3 is 1. The average molecular weight is 516 g/mol. The first-order chi connectivity index (χ1) is 16.7. The fraction of sp³-hybridized carbons (Fsp3) is 0.208. The summed E-state index contributed by atoms with van der Waals surface area (Å²) in [5.41, 5.74) is 0.347. The zero-order chi connectivity index (χ0) is 25.1. The van der Waals surface area contributed by atoms with Crippen LogP contribution in [-0.2, 0) is 24.8 Å². The summed E-state index contributed by atoms with van der Waals surface area (Å²) in [7, 11) is -6.57. The number of sulfonamides is 2. The Morgan fingerprint density at radius 3 is 1.94 bits per heavy atom. The normalized spacial score (nSPS) is 17.6. The summed E-state index contributed by atoms with van der Waals surface area (Å²) in [5, 5.41) is 2.70. The van der Waals surface area contributed by atoms with Crippen LogP contribution in [0.5, 0.6) is 5.75 Å². The molecule has 1 amide bonds. The largest absolute Gasteiger partial charge is 0.495 e. The molecule has 0 aliphatic carbocycles. The Bertz CT molecular complexity index is 1400. The SMILES string of the molecule is COc1ccccc1NC(=O)[C@H]1CN(S(=O)(=O)c2ccccc2)CCN1S(=O)(=O)c1ccccc1. The number of carbonyl (C=O) groups is 1. The van der Waals surface area contributed by atoms with E-state index in [2.05, 4.69) is 5.32 Å². The third-order valence-electron chi connectivity index (χ3n) is 5.69. The molecule has 1 fully saturated rings. The molecule has 9 nitrogen and oxygen atoms in total. The van der Waals surface area contributed by atoms with E-state index in [0.717, 1.165) is 8.61 Å². The fourth-order valence-electron chi connectivity index (χ4n) is 3.89. The van der Waals surface area contributed by atoms with Gasteiger partial charge in [-0.15, -0.1) is 0 Å². The van der Waals surface area contributed by atoms with Crippen molar-refractivity contribution in [1.82, 2.24) is 8.61 Å². The predicted molar refractivity (Wildman–Crippen MR) is 131 cm³/mol. The molecular formula is C24H25N3O6S2. The summed E-state index contributed by atoms with van der Waals surface area (Å²) in [4.78, 5) is 13.5. The molecule has 11 heteroatoms. The van der Waals surface area contributed by atoms with Gasteiger partial charge in [-0.1, -0.05) is 48.5 Å². The molecule has 1 N–H and O–H groups in total. The number of piperazine rings is 1. The van der Waals surface area contributed by atoms with E-state index >= 15 is 0 Å². The number of ether oxygens (including phenoxy) is 1. The van der Waals surface area contributed by atoms with Gasteiger partial charge in [-0.25, -0.2) is 16.8 Å². The maximum Gasteiger partial charge on any atom is 0.244 e. The first kappa shape index (κ1) is 24.9.